The first-order chi connectivity index (χ1) is 13.6. The highest BCUT2D eigenvalue weighted by Gasteiger charge is 2.16. The lowest BCUT2D eigenvalue weighted by Crippen LogP contribution is -2.39. The second-order valence-electron chi connectivity index (χ2n) is 7.30. The van der Waals surface area contributed by atoms with Crippen LogP contribution >= 0.6 is 0 Å². The maximum atomic E-state index is 12.3. The predicted octanol–water partition coefficient (Wildman–Crippen LogP) is 2.79. The number of hydrogen-bond acceptors (Lipinski definition) is 5. The van der Waals surface area contributed by atoms with E-state index in [4.69, 9.17) is 4.74 Å². The predicted molar refractivity (Wildman–Crippen MR) is 109 cm³/mol. The molecule has 0 fully saturated rings. The van der Waals surface area contributed by atoms with E-state index in [-0.39, 0.29) is 30.3 Å². The van der Waals surface area contributed by atoms with Gasteiger partial charge in [0, 0.05) is 12.2 Å². The standard InChI is InChI=1S/C21H25N3O5/c1-21(2,3)29-20(28)23-13-18(26)22-12-14-7-6-8-15(11-14)24-19(27)16-9-4-5-10-17(16)25/h4-11,25H,12-13H2,1-3H3,(H,22,26)(H,23,28)(H,24,27). The number of amides is 3. The number of phenols is 1. The number of carbonyl (C=O) groups excluding carboxylic acids is 3. The summed E-state index contributed by atoms with van der Waals surface area (Å²) in [5.74, 6) is -0.920. The minimum Gasteiger partial charge on any atom is -0.507 e. The summed E-state index contributed by atoms with van der Waals surface area (Å²) >= 11 is 0. The van der Waals surface area contributed by atoms with Crippen LogP contribution in [0.25, 0.3) is 0 Å². The van der Waals surface area contributed by atoms with Crippen molar-refractivity contribution in [2.24, 2.45) is 0 Å². The van der Waals surface area contributed by atoms with Crippen molar-refractivity contribution in [2.45, 2.75) is 32.9 Å². The van der Waals surface area contributed by atoms with Crippen LogP contribution in [0.2, 0.25) is 0 Å². The summed E-state index contributed by atoms with van der Waals surface area (Å²) < 4.78 is 5.06. The third kappa shape index (κ3) is 7.53. The first-order valence-electron chi connectivity index (χ1n) is 9.06. The van der Waals surface area contributed by atoms with Crippen molar-refractivity contribution in [1.29, 1.82) is 0 Å². The summed E-state index contributed by atoms with van der Waals surface area (Å²) in [5.41, 5.74) is 0.809. The summed E-state index contributed by atoms with van der Waals surface area (Å²) in [5, 5.41) is 17.5. The highest BCUT2D eigenvalue weighted by atomic mass is 16.6. The molecule has 0 unspecified atom stereocenters. The molecule has 29 heavy (non-hydrogen) atoms. The van der Waals surface area contributed by atoms with Crippen LogP contribution < -0.4 is 16.0 Å². The number of anilines is 1. The van der Waals surface area contributed by atoms with Gasteiger partial charge in [0.05, 0.1) is 5.56 Å². The number of carbonyl (C=O) groups is 3. The molecule has 0 aliphatic rings. The van der Waals surface area contributed by atoms with Crippen molar-refractivity contribution in [1.82, 2.24) is 10.6 Å². The quantitative estimate of drug-likeness (QED) is 0.596. The van der Waals surface area contributed by atoms with Crippen molar-refractivity contribution >= 4 is 23.6 Å². The Bertz CT molecular complexity index is 890. The molecular weight excluding hydrogens is 374 g/mol. The molecule has 0 atom stereocenters. The molecule has 2 aromatic rings. The summed E-state index contributed by atoms with van der Waals surface area (Å²) in [6.07, 6.45) is -0.665. The summed E-state index contributed by atoms with van der Waals surface area (Å²) in [4.78, 5) is 35.7. The Morgan fingerprint density at radius 3 is 2.41 bits per heavy atom. The van der Waals surface area contributed by atoms with E-state index in [0.29, 0.717) is 5.69 Å². The average Bonchev–Trinajstić information content (AvgIpc) is 2.64. The maximum Gasteiger partial charge on any atom is 0.408 e. The van der Waals surface area contributed by atoms with Crippen LogP contribution in [0.5, 0.6) is 5.75 Å². The summed E-state index contributed by atoms with van der Waals surface area (Å²) in [6.45, 7) is 5.21. The number of nitrogens with one attached hydrogen (secondary N) is 3. The fourth-order valence-corrected chi connectivity index (χ4v) is 2.35. The molecule has 3 amide bonds. The first-order valence-corrected chi connectivity index (χ1v) is 9.06. The maximum absolute atomic E-state index is 12.3. The van der Waals surface area contributed by atoms with Crippen LogP contribution in [0.4, 0.5) is 10.5 Å². The Morgan fingerprint density at radius 2 is 1.72 bits per heavy atom. The Kier molecular flexibility index (Phi) is 7.19. The van der Waals surface area contributed by atoms with Gasteiger partial charge >= 0.3 is 6.09 Å². The third-order valence-electron chi connectivity index (χ3n) is 3.62. The van der Waals surface area contributed by atoms with E-state index in [2.05, 4.69) is 16.0 Å². The number of phenolic OH excluding ortho intramolecular Hbond substituents is 1. The minimum atomic E-state index is -0.665. The van der Waals surface area contributed by atoms with Gasteiger partial charge in [0.15, 0.2) is 0 Å². The molecule has 8 heteroatoms. The third-order valence-corrected chi connectivity index (χ3v) is 3.62. The van der Waals surface area contributed by atoms with E-state index in [1.807, 2.05) is 0 Å². The van der Waals surface area contributed by atoms with E-state index < -0.39 is 17.6 Å². The smallest absolute Gasteiger partial charge is 0.408 e. The second kappa shape index (κ2) is 9.59. The summed E-state index contributed by atoms with van der Waals surface area (Å²) in [7, 11) is 0. The average molecular weight is 399 g/mol. The van der Waals surface area contributed by atoms with E-state index in [1.54, 1.807) is 57.2 Å². The normalized spacial score (nSPS) is 10.7. The van der Waals surface area contributed by atoms with E-state index in [1.165, 1.54) is 12.1 Å². The molecule has 0 aliphatic carbocycles. The molecule has 4 N–H and O–H groups in total. The van der Waals surface area contributed by atoms with Crippen LogP contribution in [0.1, 0.15) is 36.7 Å². The number of alkyl carbamates (subject to hydrolysis) is 1. The van der Waals surface area contributed by atoms with Gasteiger partial charge in [-0.1, -0.05) is 24.3 Å². The number of ether oxygens (including phenoxy) is 1. The van der Waals surface area contributed by atoms with Gasteiger partial charge in [-0.05, 0) is 50.6 Å². The molecule has 8 nitrogen and oxygen atoms in total. The highest BCUT2D eigenvalue weighted by Crippen LogP contribution is 2.18. The molecule has 0 spiro atoms. The lowest BCUT2D eigenvalue weighted by atomic mass is 10.1. The molecular formula is C21H25N3O5. The molecule has 0 saturated carbocycles. The van der Waals surface area contributed by atoms with Crippen LogP contribution in [-0.4, -0.2) is 35.2 Å². The van der Waals surface area contributed by atoms with Gasteiger partial charge in [0.2, 0.25) is 5.91 Å². The van der Waals surface area contributed by atoms with Crippen molar-refractivity contribution < 1.29 is 24.2 Å². The van der Waals surface area contributed by atoms with Crippen molar-refractivity contribution in [3.63, 3.8) is 0 Å². The minimum absolute atomic E-state index is 0.106. The van der Waals surface area contributed by atoms with Gasteiger partial charge in [-0.3, -0.25) is 9.59 Å². The van der Waals surface area contributed by atoms with Crippen LogP contribution in [0, 0.1) is 0 Å². The first kappa shape index (κ1) is 21.7. The van der Waals surface area contributed by atoms with E-state index in [0.717, 1.165) is 5.56 Å². The van der Waals surface area contributed by atoms with Crippen LogP contribution in [0.15, 0.2) is 48.5 Å². The number of para-hydroxylation sites is 1. The van der Waals surface area contributed by atoms with Crippen molar-refractivity contribution in [3.05, 3.63) is 59.7 Å². The zero-order valence-corrected chi connectivity index (χ0v) is 16.6. The van der Waals surface area contributed by atoms with Gasteiger partial charge in [-0.2, -0.15) is 0 Å². The lowest BCUT2D eigenvalue weighted by Gasteiger charge is -2.19. The SMILES string of the molecule is CC(C)(C)OC(=O)NCC(=O)NCc1cccc(NC(=O)c2ccccc2O)c1. The number of rotatable bonds is 6. The number of benzene rings is 2. The molecule has 0 bridgehead atoms. The Morgan fingerprint density at radius 1 is 1.00 bits per heavy atom. The summed E-state index contributed by atoms with van der Waals surface area (Å²) in [6, 6.07) is 13.2. The molecule has 0 saturated heterocycles. The number of hydrogen-bond donors (Lipinski definition) is 4. The topological polar surface area (TPSA) is 117 Å². The van der Waals surface area contributed by atoms with E-state index >= 15 is 0 Å². The Hall–Kier alpha value is -3.55. The molecule has 2 rings (SSSR count). The monoisotopic (exact) mass is 399 g/mol. The van der Waals surface area contributed by atoms with Gasteiger partial charge in [-0.15, -0.1) is 0 Å². The van der Waals surface area contributed by atoms with Gasteiger partial charge in [0.1, 0.15) is 17.9 Å². The second-order valence-corrected chi connectivity index (χ2v) is 7.30. The van der Waals surface area contributed by atoms with Gasteiger partial charge < -0.3 is 25.8 Å². The molecule has 0 aliphatic heterocycles. The van der Waals surface area contributed by atoms with E-state index in [9.17, 15) is 19.5 Å². The Balaban J connectivity index is 1.85. The molecule has 0 heterocycles. The number of aromatic hydroxyl groups is 1. The fraction of sp³-hybridized carbons (Fsp3) is 0.286. The molecule has 0 aromatic heterocycles. The zero-order valence-electron chi connectivity index (χ0n) is 16.6. The molecule has 154 valence electrons. The molecule has 2 aromatic carbocycles. The molecule has 0 radical (unpaired) electrons. The van der Waals surface area contributed by atoms with Gasteiger partial charge in [-0.25, -0.2) is 4.79 Å². The van der Waals surface area contributed by atoms with Crippen molar-refractivity contribution in [2.75, 3.05) is 11.9 Å². The van der Waals surface area contributed by atoms with Gasteiger partial charge in [0.25, 0.3) is 5.91 Å². The highest BCUT2D eigenvalue weighted by molar-refractivity contribution is 6.06. The largest absolute Gasteiger partial charge is 0.507 e. The lowest BCUT2D eigenvalue weighted by molar-refractivity contribution is -0.120. The Labute approximate surface area is 169 Å². The fourth-order valence-electron chi connectivity index (χ4n) is 2.35. The van der Waals surface area contributed by atoms with Crippen molar-refractivity contribution in [3.8, 4) is 5.75 Å². The van der Waals surface area contributed by atoms with Crippen LogP contribution in [-0.2, 0) is 16.1 Å². The van der Waals surface area contributed by atoms with Crippen LogP contribution in [0.3, 0.4) is 0 Å². The zero-order chi connectivity index (χ0) is 21.4.